The van der Waals surface area contributed by atoms with Gasteiger partial charge in [-0.05, 0) is 20.8 Å². The van der Waals surface area contributed by atoms with E-state index in [4.69, 9.17) is 14.2 Å². The summed E-state index contributed by atoms with van der Waals surface area (Å²) < 4.78 is 15.8. The summed E-state index contributed by atoms with van der Waals surface area (Å²) in [6.07, 6.45) is 1.37. The van der Waals surface area contributed by atoms with Crippen molar-refractivity contribution in [3.8, 4) is 0 Å². The van der Waals surface area contributed by atoms with Crippen molar-refractivity contribution in [2.24, 2.45) is 0 Å². The molecule has 0 rings (SSSR count). The number of hydrogen-bond acceptors (Lipinski definition) is 3. The lowest BCUT2D eigenvalue weighted by Gasteiger charge is -2.29. The largest absolute Gasteiger partial charge is 0.448 e. The molecule has 0 heterocycles. The molecule has 1 unspecified atom stereocenters. The van der Waals surface area contributed by atoms with Crippen LogP contribution in [-0.2, 0) is 14.2 Å². The third-order valence-electron chi connectivity index (χ3n) is 1.15. The second-order valence-electron chi connectivity index (χ2n) is 2.75. The predicted molar refractivity (Wildman–Crippen MR) is 47.5 cm³/mol. The zero-order chi connectivity index (χ0) is 9.61. The molecule has 0 aromatic rings. The van der Waals surface area contributed by atoms with Crippen LogP contribution < -0.4 is 0 Å². The van der Waals surface area contributed by atoms with E-state index >= 15 is 0 Å². The first kappa shape index (κ1) is 11.5. The molecule has 72 valence electrons. The number of hydrogen-bond donors (Lipinski definition) is 0. The van der Waals surface area contributed by atoms with Crippen LogP contribution in [0.5, 0.6) is 0 Å². The SMILES string of the molecule is C=COC(C)(OCC)OC(C)C. The smallest absolute Gasteiger partial charge is 0.323 e. The summed E-state index contributed by atoms with van der Waals surface area (Å²) in [4.78, 5) is 0. The van der Waals surface area contributed by atoms with Crippen LogP contribution in [0.25, 0.3) is 0 Å². The highest BCUT2D eigenvalue weighted by Gasteiger charge is 2.27. The minimum Gasteiger partial charge on any atom is -0.448 e. The minimum absolute atomic E-state index is 0.0569. The Kier molecular flexibility index (Phi) is 4.93. The Bertz CT molecular complexity index is 134. The van der Waals surface area contributed by atoms with Crippen LogP contribution in [0.4, 0.5) is 0 Å². The maximum atomic E-state index is 5.40. The third-order valence-corrected chi connectivity index (χ3v) is 1.15. The molecule has 1 atom stereocenters. The highest BCUT2D eigenvalue weighted by atomic mass is 16.9. The van der Waals surface area contributed by atoms with Gasteiger partial charge < -0.3 is 14.2 Å². The van der Waals surface area contributed by atoms with E-state index in [9.17, 15) is 0 Å². The van der Waals surface area contributed by atoms with Crippen molar-refractivity contribution in [1.29, 1.82) is 0 Å². The zero-order valence-electron chi connectivity index (χ0n) is 8.29. The van der Waals surface area contributed by atoms with Gasteiger partial charge >= 0.3 is 5.97 Å². The molecule has 3 heteroatoms. The van der Waals surface area contributed by atoms with Crippen LogP contribution in [0, 0.1) is 0 Å². The summed E-state index contributed by atoms with van der Waals surface area (Å²) in [5.41, 5.74) is 0. The average Bonchev–Trinajstić information content (AvgIpc) is 1.85. The molecule has 0 aliphatic carbocycles. The standard InChI is InChI=1S/C9H18O3/c1-6-10-9(5,11-7-2)12-8(3)4/h6,8H,1,7H2,2-5H3. The quantitative estimate of drug-likeness (QED) is 0.456. The molecule has 0 bridgehead atoms. The fourth-order valence-electron chi connectivity index (χ4n) is 0.938. The Balaban J connectivity index is 4.06. The summed E-state index contributed by atoms with van der Waals surface area (Å²) in [5, 5.41) is 0. The molecule has 0 spiro atoms. The van der Waals surface area contributed by atoms with Gasteiger partial charge in [0.25, 0.3) is 0 Å². The van der Waals surface area contributed by atoms with Gasteiger partial charge in [0.05, 0.1) is 19.0 Å². The summed E-state index contributed by atoms with van der Waals surface area (Å²) in [5.74, 6) is -0.995. The van der Waals surface area contributed by atoms with Gasteiger partial charge in [-0.2, -0.15) is 0 Å². The summed E-state index contributed by atoms with van der Waals surface area (Å²) in [7, 11) is 0. The lowest BCUT2D eigenvalue weighted by atomic mass is 10.4. The van der Waals surface area contributed by atoms with Crippen molar-refractivity contribution in [1.82, 2.24) is 0 Å². The van der Waals surface area contributed by atoms with Gasteiger partial charge in [-0.3, -0.25) is 0 Å². The van der Waals surface area contributed by atoms with E-state index in [2.05, 4.69) is 6.58 Å². The first-order valence-corrected chi connectivity index (χ1v) is 4.14. The van der Waals surface area contributed by atoms with Gasteiger partial charge in [-0.1, -0.05) is 6.58 Å². The van der Waals surface area contributed by atoms with Crippen molar-refractivity contribution < 1.29 is 14.2 Å². The molecular weight excluding hydrogens is 156 g/mol. The van der Waals surface area contributed by atoms with Crippen LogP contribution in [0.3, 0.4) is 0 Å². The molecule has 0 radical (unpaired) electrons. The van der Waals surface area contributed by atoms with Gasteiger partial charge in [0.1, 0.15) is 0 Å². The van der Waals surface area contributed by atoms with Crippen LogP contribution in [0.15, 0.2) is 12.8 Å². The maximum Gasteiger partial charge on any atom is 0.323 e. The molecule has 0 aromatic heterocycles. The predicted octanol–water partition coefficient (Wildman–Crippen LogP) is 2.28. The Morgan fingerprint density at radius 3 is 2.42 bits per heavy atom. The van der Waals surface area contributed by atoms with E-state index < -0.39 is 5.97 Å². The van der Waals surface area contributed by atoms with Crippen LogP contribution in [0.2, 0.25) is 0 Å². The number of rotatable bonds is 6. The second-order valence-corrected chi connectivity index (χ2v) is 2.75. The van der Waals surface area contributed by atoms with Crippen molar-refractivity contribution in [3.63, 3.8) is 0 Å². The topological polar surface area (TPSA) is 27.7 Å². The van der Waals surface area contributed by atoms with Crippen molar-refractivity contribution >= 4 is 0 Å². The molecule has 0 aliphatic heterocycles. The van der Waals surface area contributed by atoms with E-state index in [0.29, 0.717) is 6.61 Å². The molecule has 0 aromatic carbocycles. The molecule has 0 fully saturated rings. The van der Waals surface area contributed by atoms with E-state index in [1.54, 1.807) is 6.92 Å². The molecule has 0 N–H and O–H groups in total. The molecule has 0 saturated heterocycles. The van der Waals surface area contributed by atoms with Gasteiger partial charge in [-0.15, -0.1) is 0 Å². The van der Waals surface area contributed by atoms with Crippen molar-refractivity contribution in [2.75, 3.05) is 6.61 Å². The Morgan fingerprint density at radius 2 is 2.08 bits per heavy atom. The fraction of sp³-hybridized carbons (Fsp3) is 0.778. The Morgan fingerprint density at radius 1 is 1.50 bits per heavy atom. The molecule has 0 amide bonds. The average molecular weight is 174 g/mol. The van der Waals surface area contributed by atoms with E-state index in [0.717, 1.165) is 0 Å². The summed E-state index contributed by atoms with van der Waals surface area (Å²) in [6, 6.07) is 0. The van der Waals surface area contributed by atoms with Crippen LogP contribution in [0.1, 0.15) is 27.7 Å². The van der Waals surface area contributed by atoms with E-state index in [1.165, 1.54) is 6.26 Å². The van der Waals surface area contributed by atoms with Gasteiger partial charge in [0.2, 0.25) is 0 Å². The summed E-state index contributed by atoms with van der Waals surface area (Å²) >= 11 is 0. The summed E-state index contributed by atoms with van der Waals surface area (Å²) in [6.45, 7) is 11.4. The maximum absolute atomic E-state index is 5.40. The van der Waals surface area contributed by atoms with Crippen LogP contribution >= 0.6 is 0 Å². The first-order valence-electron chi connectivity index (χ1n) is 4.14. The molecule has 0 aliphatic rings. The molecule has 3 nitrogen and oxygen atoms in total. The van der Waals surface area contributed by atoms with Gasteiger partial charge in [-0.25, -0.2) is 0 Å². The first-order chi connectivity index (χ1) is 5.54. The van der Waals surface area contributed by atoms with Gasteiger partial charge in [0, 0.05) is 6.92 Å². The lowest BCUT2D eigenvalue weighted by molar-refractivity contribution is -0.359. The molecule has 12 heavy (non-hydrogen) atoms. The lowest BCUT2D eigenvalue weighted by Crippen LogP contribution is -2.36. The fourth-order valence-corrected chi connectivity index (χ4v) is 0.938. The number of ether oxygens (including phenoxy) is 3. The van der Waals surface area contributed by atoms with Gasteiger partial charge in [0.15, 0.2) is 0 Å². The third kappa shape index (κ3) is 4.36. The van der Waals surface area contributed by atoms with Crippen molar-refractivity contribution in [3.05, 3.63) is 12.8 Å². The van der Waals surface area contributed by atoms with Crippen LogP contribution in [-0.4, -0.2) is 18.7 Å². The second kappa shape index (κ2) is 5.17. The van der Waals surface area contributed by atoms with Crippen molar-refractivity contribution in [2.45, 2.75) is 39.8 Å². The normalized spacial score (nSPS) is 15.8. The Hall–Kier alpha value is -0.540. The monoisotopic (exact) mass is 174 g/mol. The molecular formula is C9H18O3. The highest BCUT2D eigenvalue weighted by Crippen LogP contribution is 2.16. The zero-order valence-corrected chi connectivity index (χ0v) is 8.29. The Labute approximate surface area is 74.3 Å². The van der Waals surface area contributed by atoms with E-state index in [1.807, 2.05) is 20.8 Å². The van der Waals surface area contributed by atoms with E-state index in [-0.39, 0.29) is 6.10 Å². The minimum atomic E-state index is -0.995. The highest BCUT2D eigenvalue weighted by molar-refractivity contribution is 4.58. The molecule has 0 saturated carbocycles.